The van der Waals surface area contributed by atoms with Crippen molar-refractivity contribution in [1.29, 1.82) is 0 Å². The summed E-state index contributed by atoms with van der Waals surface area (Å²) in [5.41, 5.74) is -0.664. The van der Waals surface area contributed by atoms with E-state index in [2.05, 4.69) is 9.97 Å². The molecule has 2 aromatic carbocycles. The maximum Gasteiger partial charge on any atom is 0.358 e. The van der Waals surface area contributed by atoms with Gasteiger partial charge >= 0.3 is 5.97 Å². The molecule has 3 rings (SSSR count). The van der Waals surface area contributed by atoms with E-state index >= 15 is 0 Å². The Morgan fingerprint density at radius 3 is 2.48 bits per heavy atom. The van der Waals surface area contributed by atoms with Gasteiger partial charge in [0.2, 0.25) is 5.75 Å². The van der Waals surface area contributed by atoms with Crippen LogP contribution in [-0.2, 0) is 6.61 Å². The third kappa shape index (κ3) is 4.05. The van der Waals surface area contributed by atoms with Gasteiger partial charge in [-0.25, -0.2) is 9.78 Å². The number of benzene rings is 2. The fourth-order valence-electron chi connectivity index (χ4n) is 2.31. The number of hydrogen-bond donors (Lipinski definition) is 3. The number of carboxylic acid groups (broad SMARTS) is 1. The fraction of sp³-hybridized carbons (Fsp3) is 0.0556. The van der Waals surface area contributed by atoms with Crippen molar-refractivity contribution in [3.8, 4) is 22.9 Å². The minimum Gasteiger partial charge on any atom is -0.501 e. The van der Waals surface area contributed by atoms with Gasteiger partial charge in [0, 0.05) is 21.2 Å². The second-order valence-electron chi connectivity index (χ2n) is 5.43. The minimum absolute atomic E-state index is 0.0172. The topological polar surface area (TPSA) is 113 Å². The summed E-state index contributed by atoms with van der Waals surface area (Å²) in [6.45, 7) is 0.113. The summed E-state index contributed by atoms with van der Waals surface area (Å²) >= 11 is 12.2. The number of aromatic nitrogens is 2. The number of aromatic amines is 1. The molecule has 0 aliphatic carbocycles. The van der Waals surface area contributed by atoms with E-state index < -0.39 is 23.0 Å². The van der Waals surface area contributed by atoms with E-state index in [9.17, 15) is 14.7 Å². The molecule has 0 aliphatic rings. The van der Waals surface area contributed by atoms with E-state index in [4.69, 9.17) is 33.0 Å². The van der Waals surface area contributed by atoms with Gasteiger partial charge in [-0.05, 0) is 24.3 Å². The number of rotatable bonds is 5. The molecule has 0 radical (unpaired) electrons. The van der Waals surface area contributed by atoms with Crippen LogP contribution in [0, 0.1) is 0 Å². The molecule has 27 heavy (non-hydrogen) atoms. The molecule has 0 fully saturated rings. The first-order chi connectivity index (χ1) is 12.9. The molecule has 0 aliphatic heterocycles. The zero-order chi connectivity index (χ0) is 19.6. The van der Waals surface area contributed by atoms with Crippen molar-refractivity contribution in [3.05, 3.63) is 74.1 Å². The number of halogens is 2. The predicted molar refractivity (Wildman–Crippen MR) is 99.7 cm³/mol. The van der Waals surface area contributed by atoms with Crippen molar-refractivity contribution in [2.75, 3.05) is 0 Å². The average Bonchev–Trinajstić information content (AvgIpc) is 2.63. The Morgan fingerprint density at radius 1 is 1.15 bits per heavy atom. The summed E-state index contributed by atoms with van der Waals surface area (Å²) in [5.74, 6) is -2.06. The monoisotopic (exact) mass is 406 g/mol. The van der Waals surface area contributed by atoms with E-state index in [-0.39, 0.29) is 12.4 Å². The van der Waals surface area contributed by atoms with Gasteiger partial charge in [0.15, 0.2) is 5.69 Å². The molecule has 0 saturated carbocycles. The zero-order valence-electron chi connectivity index (χ0n) is 13.6. The molecule has 0 spiro atoms. The number of nitrogens with one attached hydrogen (secondary N) is 1. The number of aromatic hydroxyl groups is 1. The lowest BCUT2D eigenvalue weighted by atomic mass is 10.2. The first kappa shape index (κ1) is 18.8. The van der Waals surface area contributed by atoms with Crippen molar-refractivity contribution in [2.24, 2.45) is 0 Å². The van der Waals surface area contributed by atoms with Crippen molar-refractivity contribution in [3.63, 3.8) is 0 Å². The van der Waals surface area contributed by atoms with Crippen molar-refractivity contribution < 1.29 is 19.7 Å². The molecule has 3 N–H and O–H groups in total. The molecule has 1 heterocycles. The van der Waals surface area contributed by atoms with Crippen molar-refractivity contribution >= 4 is 29.2 Å². The minimum atomic E-state index is -1.51. The highest BCUT2D eigenvalue weighted by Gasteiger charge is 2.17. The molecule has 9 heteroatoms. The van der Waals surface area contributed by atoms with Crippen molar-refractivity contribution in [2.45, 2.75) is 6.61 Å². The van der Waals surface area contributed by atoms with Crippen LogP contribution in [0.2, 0.25) is 10.0 Å². The van der Waals surface area contributed by atoms with Gasteiger partial charge in [-0.15, -0.1) is 0 Å². The van der Waals surface area contributed by atoms with E-state index in [0.717, 1.165) is 0 Å². The summed E-state index contributed by atoms with van der Waals surface area (Å²) in [5, 5.41) is 19.5. The van der Waals surface area contributed by atoms with Gasteiger partial charge in [-0.1, -0.05) is 41.4 Å². The Balaban J connectivity index is 1.90. The lowest BCUT2D eigenvalue weighted by molar-refractivity contribution is 0.0686. The first-order valence-electron chi connectivity index (χ1n) is 7.59. The number of nitrogens with zero attached hydrogens (tertiary/aromatic N) is 1. The molecule has 0 saturated heterocycles. The van der Waals surface area contributed by atoms with Gasteiger partial charge in [0.05, 0.1) is 0 Å². The summed E-state index contributed by atoms with van der Waals surface area (Å²) in [6.07, 6.45) is 0. The normalized spacial score (nSPS) is 10.6. The molecule has 0 atom stereocenters. The van der Waals surface area contributed by atoms with Crippen LogP contribution in [0.25, 0.3) is 11.4 Å². The maximum atomic E-state index is 11.7. The number of carboxylic acids is 1. The molecular formula is C18H12Cl2N2O5. The predicted octanol–water partition coefficient (Wildman–Crippen LogP) is 3.73. The molecule has 138 valence electrons. The van der Waals surface area contributed by atoms with Crippen LogP contribution in [0.3, 0.4) is 0 Å². The Bertz CT molecular complexity index is 1060. The number of ether oxygens (including phenoxy) is 1. The van der Waals surface area contributed by atoms with Crippen LogP contribution >= 0.6 is 23.2 Å². The van der Waals surface area contributed by atoms with E-state index in [1.54, 1.807) is 42.5 Å². The van der Waals surface area contributed by atoms with Gasteiger partial charge in [-0.2, -0.15) is 0 Å². The van der Waals surface area contributed by atoms with E-state index in [1.807, 2.05) is 0 Å². The zero-order valence-corrected chi connectivity index (χ0v) is 15.1. The Labute approximate surface area is 162 Å². The smallest absolute Gasteiger partial charge is 0.358 e. The Morgan fingerprint density at radius 2 is 1.81 bits per heavy atom. The number of H-pyrrole nitrogens is 1. The highest BCUT2D eigenvalue weighted by atomic mass is 35.5. The SMILES string of the molecule is O=C(O)c1nc(-c2cccc(OCc3c(Cl)cccc3Cl)c2)[nH]c(=O)c1O. The van der Waals surface area contributed by atoms with Gasteiger partial charge in [0.25, 0.3) is 5.56 Å². The summed E-state index contributed by atoms with van der Waals surface area (Å²) < 4.78 is 5.69. The Kier molecular flexibility index (Phi) is 5.34. The van der Waals surface area contributed by atoms with Crippen LogP contribution in [0.4, 0.5) is 0 Å². The number of hydrogen-bond acceptors (Lipinski definition) is 5. The van der Waals surface area contributed by atoms with Crippen LogP contribution in [0.5, 0.6) is 11.5 Å². The summed E-state index contributed by atoms with van der Waals surface area (Å²) in [6, 6.07) is 11.6. The average molecular weight is 407 g/mol. The molecule has 7 nitrogen and oxygen atoms in total. The first-order valence-corrected chi connectivity index (χ1v) is 8.35. The van der Waals surface area contributed by atoms with Gasteiger partial charge in [0.1, 0.15) is 18.2 Å². The lowest BCUT2D eigenvalue weighted by Gasteiger charge is -2.11. The number of carbonyl (C=O) groups is 1. The Hall–Kier alpha value is -3.03. The fourth-order valence-corrected chi connectivity index (χ4v) is 2.82. The maximum absolute atomic E-state index is 11.7. The quantitative estimate of drug-likeness (QED) is 0.594. The molecule has 0 unspecified atom stereocenters. The second kappa shape index (κ2) is 7.69. The van der Waals surface area contributed by atoms with Gasteiger partial charge < -0.3 is 19.9 Å². The standard InChI is InChI=1S/C18H12Cl2N2O5/c19-12-5-2-6-13(20)11(12)8-27-10-4-1-3-9(7-10)16-21-14(18(25)26)15(23)17(24)22-16/h1-7,23H,8H2,(H,25,26)(H,21,22,24). The van der Waals surface area contributed by atoms with Crippen LogP contribution in [0.15, 0.2) is 47.3 Å². The summed E-state index contributed by atoms with van der Waals surface area (Å²) in [4.78, 5) is 29.0. The van der Waals surface area contributed by atoms with E-state index in [1.165, 1.54) is 0 Å². The van der Waals surface area contributed by atoms with Gasteiger partial charge in [-0.3, -0.25) is 4.79 Å². The third-order valence-electron chi connectivity index (χ3n) is 3.65. The molecule has 3 aromatic rings. The van der Waals surface area contributed by atoms with E-state index in [0.29, 0.717) is 26.9 Å². The lowest BCUT2D eigenvalue weighted by Crippen LogP contribution is -2.15. The van der Waals surface area contributed by atoms with Crippen LogP contribution in [0.1, 0.15) is 16.1 Å². The molecule has 1 aromatic heterocycles. The molecular weight excluding hydrogens is 395 g/mol. The largest absolute Gasteiger partial charge is 0.501 e. The summed E-state index contributed by atoms with van der Waals surface area (Å²) in [7, 11) is 0. The van der Waals surface area contributed by atoms with Crippen molar-refractivity contribution in [1.82, 2.24) is 9.97 Å². The highest BCUT2D eigenvalue weighted by Crippen LogP contribution is 2.27. The van der Waals surface area contributed by atoms with Crippen LogP contribution in [-0.4, -0.2) is 26.2 Å². The second-order valence-corrected chi connectivity index (χ2v) is 6.25. The third-order valence-corrected chi connectivity index (χ3v) is 4.36. The van der Waals surface area contributed by atoms with Crippen LogP contribution < -0.4 is 10.3 Å². The molecule has 0 bridgehead atoms. The number of aromatic carboxylic acids is 1. The highest BCUT2D eigenvalue weighted by molar-refractivity contribution is 6.35. The molecule has 0 amide bonds.